The first-order valence-electron chi connectivity index (χ1n) is 30.2. The zero-order chi connectivity index (χ0) is 47.3. The summed E-state index contributed by atoms with van der Waals surface area (Å²) in [5, 5.41) is 0. The SMILES string of the molecule is CCCCCCCCCCCCCCCCCCCCCCCCCCCC(=O)OCC(C)(C)COC(=O)CCCCCCCCCCCCCCCCCCCCCCCCCCC. The van der Waals surface area contributed by atoms with Crippen LogP contribution in [0.5, 0.6) is 0 Å². The molecule has 0 saturated heterocycles. The summed E-state index contributed by atoms with van der Waals surface area (Å²) in [6.07, 6.45) is 70.1. The number of rotatable bonds is 56. The molecular weight excluding hydrogens is 797 g/mol. The second-order valence-electron chi connectivity index (χ2n) is 22.0. The quantitative estimate of drug-likeness (QED) is 0.0451. The average Bonchev–Trinajstić information content (AvgIpc) is 3.30. The minimum Gasteiger partial charge on any atom is -0.465 e. The zero-order valence-corrected chi connectivity index (χ0v) is 45.3. The second kappa shape index (κ2) is 53.9. The lowest BCUT2D eigenvalue weighted by molar-refractivity contribution is -0.152. The fourth-order valence-corrected chi connectivity index (χ4v) is 9.55. The molecule has 0 fully saturated rings. The highest BCUT2D eigenvalue weighted by atomic mass is 16.5. The lowest BCUT2D eigenvalue weighted by atomic mass is 9.96. The molecule has 0 N–H and O–H groups in total. The fraction of sp³-hybridized carbons (Fsp3) is 0.967. The van der Waals surface area contributed by atoms with Gasteiger partial charge in [-0.2, -0.15) is 0 Å². The summed E-state index contributed by atoms with van der Waals surface area (Å²) in [7, 11) is 0. The van der Waals surface area contributed by atoms with Crippen LogP contribution < -0.4 is 0 Å². The van der Waals surface area contributed by atoms with Crippen LogP contribution in [0.4, 0.5) is 0 Å². The van der Waals surface area contributed by atoms with Gasteiger partial charge in [-0.15, -0.1) is 0 Å². The third-order valence-electron chi connectivity index (χ3n) is 14.2. The highest BCUT2D eigenvalue weighted by molar-refractivity contribution is 5.69. The van der Waals surface area contributed by atoms with E-state index in [4.69, 9.17) is 9.47 Å². The molecule has 0 bridgehead atoms. The second-order valence-corrected chi connectivity index (χ2v) is 22.0. The molecule has 4 heteroatoms. The molecule has 0 saturated carbocycles. The molecule has 0 aromatic heterocycles. The molecule has 0 heterocycles. The molecule has 0 aliphatic rings. The number of carbonyl (C=O) groups is 2. The van der Waals surface area contributed by atoms with Crippen LogP contribution in [0.2, 0.25) is 0 Å². The Hall–Kier alpha value is -1.06. The first-order valence-corrected chi connectivity index (χ1v) is 30.2. The topological polar surface area (TPSA) is 52.6 Å². The molecule has 0 radical (unpaired) electrons. The van der Waals surface area contributed by atoms with Crippen LogP contribution in [0, 0.1) is 5.41 Å². The highest BCUT2D eigenvalue weighted by Crippen LogP contribution is 2.20. The van der Waals surface area contributed by atoms with Crippen LogP contribution in [0.25, 0.3) is 0 Å². The zero-order valence-electron chi connectivity index (χ0n) is 45.3. The van der Waals surface area contributed by atoms with E-state index in [0.717, 1.165) is 25.7 Å². The van der Waals surface area contributed by atoms with Gasteiger partial charge in [0.25, 0.3) is 0 Å². The summed E-state index contributed by atoms with van der Waals surface area (Å²) in [4.78, 5) is 24.7. The molecule has 0 unspecified atom stereocenters. The van der Waals surface area contributed by atoms with Gasteiger partial charge in [0.15, 0.2) is 0 Å². The van der Waals surface area contributed by atoms with Crippen LogP contribution in [-0.4, -0.2) is 25.2 Å². The molecule has 0 spiro atoms. The molecule has 0 atom stereocenters. The molecule has 0 amide bonds. The number of ether oxygens (including phenoxy) is 2. The number of hydrogen-bond donors (Lipinski definition) is 0. The summed E-state index contributed by atoms with van der Waals surface area (Å²) >= 11 is 0. The molecule has 388 valence electrons. The van der Waals surface area contributed by atoms with E-state index in [2.05, 4.69) is 13.8 Å². The van der Waals surface area contributed by atoms with Gasteiger partial charge >= 0.3 is 11.9 Å². The van der Waals surface area contributed by atoms with E-state index in [9.17, 15) is 9.59 Å². The van der Waals surface area contributed by atoms with Crippen LogP contribution in [-0.2, 0) is 19.1 Å². The van der Waals surface area contributed by atoms with E-state index in [-0.39, 0.29) is 17.4 Å². The lowest BCUT2D eigenvalue weighted by Crippen LogP contribution is -2.28. The number of unbranched alkanes of at least 4 members (excludes halogenated alkanes) is 48. The van der Waals surface area contributed by atoms with Crippen LogP contribution in [0.1, 0.15) is 362 Å². The molecular formula is C61H120O4. The molecule has 0 aliphatic heterocycles. The predicted molar refractivity (Wildman–Crippen MR) is 287 cm³/mol. The Balaban J connectivity index is 3.39. The standard InChI is InChI=1S/C61H120O4/c1-5-7-9-11-13-15-17-19-21-23-25-27-29-31-33-35-37-39-41-43-45-47-49-51-53-55-59(62)64-57-61(3,4)58-65-60(63)56-54-52-50-48-46-44-42-40-38-36-34-32-30-28-26-24-22-20-18-16-14-12-10-8-6-2/h5-58H2,1-4H3. The smallest absolute Gasteiger partial charge is 0.305 e. The van der Waals surface area contributed by atoms with Gasteiger partial charge in [-0.1, -0.05) is 336 Å². The van der Waals surface area contributed by atoms with E-state index in [1.807, 2.05) is 13.8 Å². The minimum atomic E-state index is -0.358. The van der Waals surface area contributed by atoms with E-state index in [0.29, 0.717) is 26.1 Å². The van der Waals surface area contributed by atoms with Crippen molar-refractivity contribution in [3.63, 3.8) is 0 Å². The van der Waals surface area contributed by atoms with Crippen molar-refractivity contribution in [2.45, 2.75) is 362 Å². The Morgan fingerprint density at radius 3 is 0.538 bits per heavy atom. The van der Waals surface area contributed by atoms with E-state index in [1.54, 1.807) is 0 Å². The molecule has 0 aromatic rings. The maximum atomic E-state index is 12.4. The van der Waals surface area contributed by atoms with Crippen molar-refractivity contribution >= 4 is 11.9 Å². The number of carbonyl (C=O) groups excluding carboxylic acids is 2. The largest absolute Gasteiger partial charge is 0.465 e. The molecule has 0 rings (SSSR count). The minimum absolute atomic E-state index is 0.117. The maximum absolute atomic E-state index is 12.4. The van der Waals surface area contributed by atoms with Crippen molar-refractivity contribution < 1.29 is 19.1 Å². The van der Waals surface area contributed by atoms with Gasteiger partial charge in [-0.25, -0.2) is 0 Å². The number of hydrogen-bond acceptors (Lipinski definition) is 4. The van der Waals surface area contributed by atoms with Crippen LogP contribution in [0.15, 0.2) is 0 Å². The highest BCUT2D eigenvalue weighted by Gasteiger charge is 2.23. The van der Waals surface area contributed by atoms with Crippen LogP contribution in [0.3, 0.4) is 0 Å². The third kappa shape index (κ3) is 55.4. The van der Waals surface area contributed by atoms with Crippen molar-refractivity contribution in [1.29, 1.82) is 0 Å². The molecule has 65 heavy (non-hydrogen) atoms. The van der Waals surface area contributed by atoms with Gasteiger partial charge in [0.05, 0.1) is 13.2 Å². The lowest BCUT2D eigenvalue weighted by Gasteiger charge is -2.23. The fourth-order valence-electron chi connectivity index (χ4n) is 9.55. The molecule has 0 aliphatic carbocycles. The Labute approximate surface area is 409 Å². The van der Waals surface area contributed by atoms with Crippen molar-refractivity contribution in [2.24, 2.45) is 5.41 Å². The van der Waals surface area contributed by atoms with Crippen LogP contribution >= 0.6 is 0 Å². The van der Waals surface area contributed by atoms with Crippen molar-refractivity contribution in [1.82, 2.24) is 0 Å². The third-order valence-corrected chi connectivity index (χ3v) is 14.2. The van der Waals surface area contributed by atoms with Crippen molar-refractivity contribution in [3.05, 3.63) is 0 Å². The summed E-state index contributed by atoms with van der Waals surface area (Å²) in [6.45, 7) is 9.23. The van der Waals surface area contributed by atoms with E-state index in [1.165, 1.54) is 295 Å². The Kier molecular flexibility index (Phi) is 53.0. The van der Waals surface area contributed by atoms with Crippen molar-refractivity contribution in [3.8, 4) is 0 Å². The van der Waals surface area contributed by atoms with Gasteiger partial charge in [0, 0.05) is 18.3 Å². The first-order chi connectivity index (χ1) is 31.9. The predicted octanol–water partition coefficient (Wildman–Crippen LogP) is 21.4. The Bertz CT molecular complexity index is 857. The Morgan fingerprint density at radius 2 is 0.385 bits per heavy atom. The van der Waals surface area contributed by atoms with Crippen molar-refractivity contribution in [2.75, 3.05) is 13.2 Å². The average molecular weight is 918 g/mol. The summed E-state index contributed by atoms with van der Waals surface area (Å²) in [6, 6.07) is 0. The monoisotopic (exact) mass is 917 g/mol. The molecule has 0 aromatic carbocycles. The van der Waals surface area contributed by atoms with Gasteiger partial charge in [0.2, 0.25) is 0 Å². The summed E-state index contributed by atoms with van der Waals surface area (Å²) < 4.78 is 11.2. The summed E-state index contributed by atoms with van der Waals surface area (Å²) in [5.74, 6) is -0.234. The van der Waals surface area contributed by atoms with E-state index < -0.39 is 0 Å². The Morgan fingerprint density at radius 1 is 0.246 bits per heavy atom. The van der Waals surface area contributed by atoms with Gasteiger partial charge in [-0.3, -0.25) is 9.59 Å². The van der Waals surface area contributed by atoms with E-state index >= 15 is 0 Å². The number of esters is 2. The van der Waals surface area contributed by atoms with Gasteiger partial charge < -0.3 is 9.47 Å². The first kappa shape index (κ1) is 63.9. The van der Waals surface area contributed by atoms with Gasteiger partial charge in [-0.05, 0) is 12.8 Å². The normalized spacial score (nSPS) is 11.8. The summed E-state index contributed by atoms with van der Waals surface area (Å²) in [5.41, 5.74) is -0.358. The molecule has 4 nitrogen and oxygen atoms in total. The maximum Gasteiger partial charge on any atom is 0.305 e. The van der Waals surface area contributed by atoms with Gasteiger partial charge in [0.1, 0.15) is 0 Å².